The Morgan fingerprint density at radius 1 is 1.32 bits per heavy atom. The van der Waals surface area contributed by atoms with Crippen LogP contribution in [-0.2, 0) is 11.3 Å². The van der Waals surface area contributed by atoms with Crippen LogP contribution in [0.15, 0.2) is 30.3 Å². The molecule has 1 aromatic carbocycles. The number of amides is 3. The third kappa shape index (κ3) is 6.38. The summed E-state index contributed by atoms with van der Waals surface area (Å²) in [7, 11) is 3.83. The van der Waals surface area contributed by atoms with E-state index >= 15 is 0 Å². The van der Waals surface area contributed by atoms with Crippen molar-refractivity contribution in [3.63, 3.8) is 0 Å². The molecule has 1 aromatic rings. The second kappa shape index (κ2) is 8.34. The molecular weight excluding hydrogens is 316 g/mol. The number of piperidine rings is 1. The lowest BCUT2D eigenvalue weighted by molar-refractivity contribution is -0.132. The maximum Gasteiger partial charge on any atom is 0.315 e. The lowest BCUT2D eigenvalue weighted by Crippen LogP contribution is -2.57. The van der Waals surface area contributed by atoms with Crippen LogP contribution in [0.2, 0.25) is 0 Å². The highest BCUT2D eigenvalue weighted by molar-refractivity contribution is 5.78. The number of nitrogens with one attached hydrogen (secondary N) is 2. The van der Waals surface area contributed by atoms with E-state index in [-0.39, 0.29) is 23.5 Å². The summed E-state index contributed by atoms with van der Waals surface area (Å²) in [5.41, 5.74) is 0.893. The molecule has 0 radical (unpaired) electrons. The van der Waals surface area contributed by atoms with E-state index < -0.39 is 0 Å². The zero-order chi connectivity index (χ0) is 18.4. The highest BCUT2D eigenvalue weighted by atomic mass is 16.2. The van der Waals surface area contributed by atoms with Crippen molar-refractivity contribution in [3.8, 4) is 0 Å². The van der Waals surface area contributed by atoms with Gasteiger partial charge in [-0.1, -0.05) is 30.3 Å². The van der Waals surface area contributed by atoms with E-state index in [1.165, 1.54) is 5.56 Å². The van der Waals surface area contributed by atoms with Gasteiger partial charge in [-0.25, -0.2) is 4.79 Å². The number of hydrogen-bond donors (Lipinski definition) is 2. The Morgan fingerprint density at radius 2 is 2.00 bits per heavy atom. The number of carbonyl (C=O) groups is 2. The second-order valence-corrected chi connectivity index (χ2v) is 7.65. The summed E-state index contributed by atoms with van der Waals surface area (Å²) in [5, 5.41) is 6.04. The number of benzene rings is 1. The SMILES string of the molecule is CN(Cc1ccccc1)CC(C)(C)NC(=O)N[C@@H]1CCC(=O)N(C)C1. The molecule has 1 heterocycles. The Morgan fingerprint density at radius 3 is 2.64 bits per heavy atom. The van der Waals surface area contributed by atoms with E-state index in [4.69, 9.17) is 0 Å². The smallest absolute Gasteiger partial charge is 0.315 e. The van der Waals surface area contributed by atoms with Crippen LogP contribution in [0.5, 0.6) is 0 Å². The van der Waals surface area contributed by atoms with Crippen LogP contribution in [0.4, 0.5) is 4.79 Å². The van der Waals surface area contributed by atoms with Crippen molar-refractivity contribution in [3.05, 3.63) is 35.9 Å². The molecule has 1 saturated heterocycles. The molecule has 3 amide bonds. The highest BCUT2D eigenvalue weighted by Crippen LogP contribution is 2.11. The van der Waals surface area contributed by atoms with Gasteiger partial charge < -0.3 is 15.5 Å². The second-order valence-electron chi connectivity index (χ2n) is 7.65. The molecule has 0 saturated carbocycles. The van der Waals surface area contributed by atoms with Crippen molar-refractivity contribution < 1.29 is 9.59 Å². The lowest BCUT2D eigenvalue weighted by atomic mass is 10.0. The topological polar surface area (TPSA) is 64.7 Å². The van der Waals surface area contributed by atoms with Crippen LogP contribution >= 0.6 is 0 Å². The van der Waals surface area contributed by atoms with E-state index in [0.717, 1.165) is 13.1 Å². The first kappa shape index (κ1) is 19.2. The summed E-state index contributed by atoms with van der Waals surface area (Å²) in [6.45, 7) is 6.18. The van der Waals surface area contributed by atoms with Gasteiger partial charge in [0.2, 0.25) is 5.91 Å². The van der Waals surface area contributed by atoms with E-state index in [1.54, 1.807) is 11.9 Å². The van der Waals surface area contributed by atoms with Gasteiger partial charge in [-0.2, -0.15) is 0 Å². The van der Waals surface area contributed by atoms with Crippen LogP contribution in [0.25, 0.3) is 0 Å². The van der Waals surface area contributed by atoms with Crippen molar-refractivity contribution in [1.29, 1.82) is 0 Å². The molecular formula is C19H30N4O2. The summed E-state index contributed by atoms with van der Waals surface area (Å²) in [6.07, 6.45) is 1.19. The van der Waals surface area contributed by atoms with E-state index in [2.05, 4.69) is 34.7 Å². The zero-order valence-corrected chi connectivity index (χ0v) is 15.7. The van der Waals surface area contributed by atoms with Gasteiger partial charge in [0, 0.05) is 44.7 Å². The standard InChI is InChI=1S/C19H30N4O2/c1-19(2,14-22(3)12-15-8-6-5-7-9-15)21-18(25)20-16-10-11-17(24)23(4)13-16/h5-9,16H,10-14H2,1-4H3,(H2,20,21,25)/t16-/m1/s1. The number of urea groups is 1. The number of likely N-dealkylation sites (tertiary alicyclic amines) is 1. The number of rotatable bonds is 6. The molecule has 0 unspecified atom stereocenters. The van der Waals surface area contributed by atoms with Gasteiger partial charge in [0.05, 0.1) is 0 Å². The average Bonchev–Trinajstić information content (AvgIpc) is 2.50. The highest BCUT2D eigenvalue weighted by Gasteiger charge is 2.27. The van der Waals surface area contributed by atoms with Gasteiger partial charge in [0.1, 0.15) is 0 Å². The number of hydrogen-bond acceptors (Lipinski definition) is 3. The van der Waals surface area contributed by atoms with Gasteiger partial charge in [-0.05, 0) is 32.9 Å². The molecule has 1 fully saturated rings. The molecule has 0 aromatic heterocycles. The molecule has 0 aliphatic carbocycles. The average molecular weight is 346 g/mol. The monoisotopic (exact) mass is 346 g/mol. The normalized spacial score (nSPS) is 18.4. The largest absolute Gasteiger partial charge is 0.344 e. The molecule has 6 nitrogen and oxygen atoms in total. The molecule has 1 aliphatic heterocycles. The first-order chi connectivity index (χ1) is 11.7. The van der Waals surface area contributed by atoms with Crippen LogP contribution in [-0.4, -0.2) is 60.5 Å². The summed E-state index contributed by atoms with van der Waals surface area (Å²) in [5.74, 6) is 0.140. The van der Waals surface area contributed by atoms with Crippen molar-refractivity contribution in [2.24, 2.45) is 0 Å². The van der Waals surface area contributed by atoms with Crippen LogP contribution < -0.4 is 10.6 Å². The zero-order valence-electron chi connectivity index (χ0n) is 15.7. The quantitative estimate of drug-likeness (QED) is 0.826. The molecule has 2 rings (SSSR count). The Bertz CT molecular complexity index is 588. The Balaban J connectivity index is 1.79. The van der Waals surface area contributed by atoms with E-state index in [0.29, 0.717) is 19.4 Å². The molecule has 25 heavy (non-hydrogen) atoms. The van der Waals surface area contributed by atoms with E-state index in [9.17, 15) is 9.59 Å². The first-order valence-electron chi connectivity index (χ1n) is 8.80. The summed E-state index contributed by atoms with van der Waals surface area (Å²) in [6, 6.07) is 10.1. The minimum Gasteiger partial charge on any atom is -0.344 e. The Hall–Kier alpha value is -2.08. The third-order valence-corrected chi connectivity index (χ3v) is 4.37. The van der Waals surface area contributed by atoms with Crippen LogP contribution in [0, 0.1) is 0 Å². The Kier molecular flexibility index (Phi) is 6.42. The molecule has 1 atom stereocenters. The van der Waals surface area contributed by atoms with Crippen LogP contribution in [0.3, 0.4) is 0 Å². The minimum absolute atomic E-state index is 0.0144. The minimum atomic E-state index is -0.357. The predicted octanol–water partition coefficient (Wildman–Crippen LogP) is 1.82. The number of likely N-dealkylation sites (N-methyl/N-ethyl adjacent to an activating group) is 2. The predicted molar refractivity (Wildman–Crippen MR) is 99.2 cm³/mol. The molecule has 138 valence electrons. The fraction of sp³-hybridized carbons (Fsp3) is 0.579. The van der Waals surface area contributed by atoms with Crippen molar-refractivity contribution in [1.82, 2.24) is 20.4 Å². The summed E-state index contributed by atoms with van der Waals surface area (Å²) >= 11 is 0. The van der Waals surface area contributed by atoms with Gasteiger partial charge in [0.15, 0.2) is 0 Å². The fourth-order valence-electron chi connectivity index (χ4n) is 3.32. The maximum atomic E-state index is 12.3. The number of carbonyl (C=O) groups excluding carboxylic acids is 2. The number of nitrogens with zero attached hydrogens (tertiary/aromatic N) is 2. The molecule has 0 bridgehead atoms. The van der Waals surface area contributed by atoms with Crippen molar-refractivity contribution in [2.45, 2.75) is 44.8 Å². The summed E-state index contributed by atoms with van der Waals surface area (Å²) < 4.78 is 0. The van der Waals surface area contributed by atoms with Crippen molar-refractivity contribution >= 4 is 11.9 Å². The van der Waals surface area contributed by atoms with Gasteiger partial charge in [0.25, 0.3) is 0 Å². The van der Waals surface area contributed by atoms with Gasteiger partial charge in [-0.3, -0.25) is 9.69 Å². The fourth-order valence-corrected chi connectivity index (χ4v) is 3.32. The molecule has 1 aliphatic rings. The lowest BCUT2D eigenvalue weighted by Gasteiger charge is -2.34. The van der Waals surface area contributed by atoms with E-state index in [1.807, 2.05) is 32.0 Å². The maximum absolute atomic E-state index is 12.3. The van der Waals surface area contributed by atoms with Gasteiger partial charge >= 0.3 is 6.03 Å². The van der Waals surface area contributed by atoms with Crippen molar-refractivity contribution in [2.75, 3.05) is 27.2 Å². The molecule has 6 heteroatoms. The van der Waals surface area contributed by atoms with Gasteiger partial charge in [-0.15, -0.1) is 0 Å². The molecule has 0 spiro atoms. The summed E-state index contributed by atoms with van der Waals surface area (Å²) in [4.78, 5) is 27.7. The molecule has 2 N–H and O–H groups in total. The van der Waals surface area contributed by atoms with Crippen LogP contribution in [0.1, 0.15) is 32.3 Å². The first-order valence-corrected chi connectivity index (χ1v) is 8.80. The third-order valence-electron chi connectivity index (χ3n) is 4.37. The Labute approximate surface area is 150 Å².